The average molecular weight is 383 g/mol. The number of ether oxygens (including phenoxy) is 3. The molecule has 0 aliphatic heterocycles. The van der Waals surface area contributed by atoms with Crippen LogP contribution in [-0.4, -0.2) is 26.7 Å². The van der Waals surface area contributed by atoms with E-state index in [0.717, 1.165) is 12.1 Å². The van der Waals surface area contributed by atoms with Gasteiger partial charge in [-0.25, -0.2) is 0 Å². The van der Waals surface area contributed by atoms with Crippen molar-refractivity contribution in [1.82, 2.24) is 0 Å². The molecule has 1 amide bonds. The first-order chi connectivity index (χ1) is 12.8. The summed E-state index contributed by atoms with van der Waals surface area (Å²) in [5.41, 5.74) is -0.804. The van der Waals surface area contributed by atoms with Crippen LogP contribution >= 0.6 is 0 Å². The van der Waals surface area contributed by atoms with Gasteiger partial charge < -0.3 is 19.5 Å². The number of nitrogens with one attached hydrogen (secondary N) is 1. The number of anilines is 1. The van der Waals surface area contributed by atoms with Crippen LogP contribution in [0.1, 0.15) is 29.3 Å². The first-order valence-electron chi connectivity index (χ1n) is 8.17. The summed E-state index contributed by atoms with van der Waals surface area (Å²) in [6, 6.07) is 7.48. The van der Waals surface area contributed by atoms with Crippen LogP contribution in [0.2, 0.25) is 0 Å². The van der Waals surface area contributed by atoms with Gasteiger partial charge in [0.1, 0.15) is 17.2 Å². The molecular weight excluding hydrogens is 363 g/mol. The minimum Gasteiger partial charge on any atom is -0.497 e. The smallest absolute Gasteiger partial charge is 0.416 e. The molecule has 8 heteroatoms. The fraction of sp³-hybridized carbons (Fsp3) is 0.316. The minimum atomic E-state index is -4.54. The van der Waals surface area contributed by atoms with Gasteiger partial charge >= 0.3 is 6.18 Å². The fourth-order valence-electron chi connectivity index (χ4n) is 2.32. The van der Waals surface area contributed by atoms with Crippen molar-refractivity contribution in [1.29, 1.82) is 0 Å². The molecule has 0 aliphatic rings. The lowest BCUT2D eigenvalue weighted by Gasteiger charge is -2.16. The number of hydrogen-bond acceptors (Lipinski definition) is 4. The van der Waals surface area contributed by atoms with Crippen LogP contribution in [0.15, 0.2) is 36.4 Å². The molecule has 2 aromatic carbocycles. The van der Waals surface area contributed by atoms with Crippen LogP contribution in [0, 0.1) is 0 Å². The summed E-state index contributed by atoms with van der Waals surface area (Å²) in [7, 11) is 2.85. The molecule has 146 valence electrons. The second-order valence-electron chi connectivity index (χ2n) is 5.58. The van der Waals surface area contributed by atoms with Crippen molar-refractivity contribution in [3.63, 3.8) is 0 Å². The largest absolute Gasteiger partial charge is 0.497 e. The normalized spacial score (nSPS) is 11.0. The van der Waals surface area contributed by atoms with Gasteiger partial charge in [-0.05, 0) is 36.8 Å². The Labute approximate surface area is 155 Å². The van der Waals surface area contributed by atoms with Crippen molar-refractivity contribution in [2.24, 2.45) is 0 Å². The molecule has 0 aliphatic carbocycles. The maximum Gasteiger partial charge on any atom is 0.416 e. The van der Waals surface area contributed by atoms with Gasteiger partial charge in [-0.15, -0.1) is 0 Å². The van der Waals surface area contributed by atoms with Gasteiger partial charge in [0, 0.05) is 6.07 Å². The molecule has 0 fully saturated rings. The molecule has 0 bridgehead atoms. The highest BCUT2D eigenvalue weighted by molar-refractivity contribution is 6.07. The number of rotatable bonds is 7. The highest BCUT2D eigenvalue weighted by atomic mass is 19.4. The number of amides is 1. The van der Waals surface area contributed by atoms with Crippen molar-refractivity contribution in [2.45, 2.75) is 19.5 Å². The summed E-state index contributed by atoms with van der Waals surface area (Å²) >= 11 is 0. The van der Waals surface area contributed by atoms with E-state index in [9.17, 15) is 18.0 Å². The first kappa shape index (κ1) is 20.4. The molecule has 2 rings (SSSR count). The number of hydrogen-bond donors (Lipinski definition) is 1. The van der Waals surface area contributed by atoms with E-state index < -0.39 is 17.6 Å². The van der Waals surface area contributed by atoms with Crippen molar-refractivity contribution in [3.8, 4) is 17.2 Å². The Kier molecular flexibility index (Phi) is 6.55. The van der Waals surface area contributed by atoms with Gasteiger partial charge in [-0.3, -0.25) is 4.79 Å². The van der Waals surface area contributed by atoms with E-state index in [1.165, 1.54) is 32.4 Å². The number of carbonyl (C=O) groups excluding carboxylic acids is 1. The zero-order valence-electron chi connectivity index (χ0n) is 15.1. The van der Waals surface area contributed by atoms with Gasteiger partial charge in [0.2, 0.25) is 0 Å². The van der Waals surface area contributed by atoms with E-state index in [-0.39, 0.29) is 22.7 Å². The van der Waals surface area contributed by atoms with Crippen LogP contribution < -0.4 is 19.5 Å². The second kappa shape index (κ2) is 8.66. The Bertz CT molecular complexity index is 806. The van der Waals surface area contributed by atoms with Gasteiger partial charge in [0.15, 0.2) is 0 Å². The highest BCUT2D eigenvalue weighted by Crippen LogP contribution is 2.36. The second-order valence-corrected chi connectivity index (χ2v) is 5.58. The third-order valence-corrected chi connectivity index (χ3v) is 3.67. The average Bonchev–Trinajstić information content (AvgIpc) is 2.65. The van der Waals surface area contributed by atoms with Gasteiger partial charge in [-0.1, -0.05) is 6.92 Å². The Morgan fingerprint density at radius 1 is 1.04 bits per heavy atom. The molecule has 27 heavy (non-hydrogen) atoms. The number of carbonyl (C=O) groups is 1. The standard InChI is InChI=1S/C19H20F3NO4/c1-4-9-27-16-8-5-12(19(20,21)22)10-15(16)23-18(24)14-7-6-13(25-2)11-17(14)26-3/h5-8,10-11H,4,9H2,1-3H3,(H,23,24). The van der Waals surface area contributed by atoms with Crippen molar-refractivity contribution >= 4 is 11.6 Å². The summed E-state index contributed by atoms with van der Waals surface area (Å²) in [4.78, 5) is 12.6. The number of alkyl halides is 3. The molecule has 1 N–H and O–H groups in total. The van der Waals surface area contributed by atoms with E-state index in [1.54, 1.807) is 6.07 Å². The van der Waals surface area contributed by atoms with Crippen LogP contribution in [0.3, 0.4) is 0 Å². The zero-order valence-corrected chi connectivity index (χ0v) is 15.1. The topological polar surface area (TPSA) is 56.8 Å². The molecule has 5 nitrogen and oxygen atoms in total. The SMILES string of the molecule is CCCOc1ccc(C(F)(F)F)cc1NC(=O)c1ccc(OC)cc1OC. The Balaban J connectivity index is 2.37. The number of halogens is 3. The van der Waals surface area contributed by atoms with Crippen molar-refractivity contribution in [2.75, 3.05) is 26.1 Å². The predicted molar refractivity (Wildman–Crippen MR) is 94.7 cm³/mol. The predicted octanol–water partition coefficient (Wildman–Crippen LogP) is 4.76. The molecule has 0 unspecified atom stereocenters. The molecule has 0 radical (unpaired) electrons. The van der Waals surface area contributed by atoms with Gasteiger partial charge in [0.25, 0.3) is 5.91 Å². The van der Waals surface area contributed by atoms with E-state index in [4.69, 9.17) is 14.2 Å². The molecule has 0 heterocycles. The third kappa shape index (κ3) is 5.06. The van der Waals surface area contributed by atoms with Gasteiger partial charge in [0.05, 0.1) is 37.6 Å². The summed E-state index contributed by atoms with van der Waals surface area (Å²) in [6.45, 7) is 2.17. The Hall–Kier alpha value is -2.90. The molecule has 2 aromatic rings. The fourth-order valence-corrected chi connectivity index (χ4v) is 2.32. The summed E-state index contributed by atoms with van der Waals surface area (Å²) in [5, 5.41) is 2.48. The molecule has 0 saturated heterocycles. The van der Waals surface area contributed by atoms with Crippen LogP contribution in [0.25, 0.3) is 0 Å². The molecule has 0 spiro atoms. The van der Waals surface area contributed by atoms with Crippen LogP contribution in [0.4, 0.5) is 18.9 Å². The lowest BCUT2D eigenvalue weighted by Crippen LogP contribution is -2.15. The lowest BCUT2D eigenvalue weighted by atomic mass is 10.1. The maximum atomic E-state index is 13.0. The summed E-state index contributed by atoms with van der Waals surface area (Å²) in [5.74, 6) is 0.241. The van der Waals surface area contributed by atoms with Crippen LogP contribution in [0.5, 0.6) is 17.2 Å². The Morgan fingerprint density at radius 2 is 1.78 bits per heavy atom. The van der Waals surface area contributed by atoms with Crippen molar-refractivity contribution < 1.29 is 32.2 Å². The monoisotopic (exact) mass is 383 g/mol. The Morgan fingerprint density at radius 3 is 2.37 bits per heavy atom. The summed E-state index contributed by atoms with van der Waals surface area (Å²) < 4.78 is 54.8. The quantitative estimate of drug-likeness (QED) is 0.749. The maximum absolute atomic E-state index is 13.0. The molecule has 0 saturated carbocycles. The number of methoxy groups -OCH3 is 2. The minimum absolute atomic E-state index is 0.0684. The van der Waals surface area contributed by atoms with Gasteiger partial charge in [-0.2, -0.15) is 13.2 Å². The third-order valence-electron chi connectivity index (χ3n) is 3.67. The molecule has 0 aromatic heterocycles. The van der Waals surface area contributed by atoms with E-state index in [2.05, 4.69) is 5.32 Å². The summed E-state index contributed by atoms with van der Waals surface area (Å²) in [6.07, 6.45) is -3.87. The van der Waals surface area contributed by atoms with Crippen LogP contribution in [-0.2, 0) is 6.18 Å². The first-order valence-corrected chi connectivity index (χ1v) is 8.17. The highest BCUT2D eigenvalue weighted by Gasteiger charge is 2.31. The lowest BCUT2D eigenvalue weighted by molar-refractivity contribution is -0.137. The molecular formula is C19H20F3NO4. The number of benzene rings is 2. The van der Waals surface area contributed by atoms with E-state index in [1.807, 2.05) is 6.92 Å². The van der Waals surface area contributed by atoms with Crippen molar-refractivity contribution in [3.05, 3.63) is 47.5 Å². The molecule has 0 atom stereocenters. The zero-order chi connectivity index (χ0) is 20.0. The van der Waals surface area contributed by atoms with E-state index >= 15 is 0 Å². The van der Waals surface area contributed by atoms with E-state index in [0.29, 0.717) is 18.8 Å².